The van der Waals surface area contributed by atoms with Gasteiger partial charge >= 0.3 is 0 Å². The summed E-state index contributed by atoms with van der Waals surface area (Å²) in [6, 6.07) is 3.12. The fourth-order valence-corrected chi connectivity index (χ4v) is 1.62. The molecule has 0 radical (unpaired) electrons. The molecule has 2 rings (SSSR count). The summed E-state index contributed by atoms with van der Waals surface area (Å²) < 4.78 is 39.5. The predicted octanol–water partition coefficient (Wildman–Crippen LogP) is 3.00. The molecule has 0 saturated heterocycles. The first-order valence-corrected chi connectivity index (χ1v) is 4.53. The van der Waals surface area contributed by atoms with E-state index in [1.807, 2.05) is 0 Å². The van der Waals surface area contributed by atoms with Gasteiger partial charge in [0, 0.05) is 17.8 Å². The van der Waals surface area contributed by atoms with E-state index >= 15 is 0 Å². The number of aromatic hydroxyl groups is 1. The van der Waals surface area contributed by atoms with E-state index in [4.69, 9.17) is 0 Å². The van der Waals surface area contributed by atoms with Crippen molar-refractivity contribution in [1.29, 1.82) is 0 Å². The van der Waals surface area contributed by atoms with Crippen LogP contribution in [0.3, 0.4) is 0 Å². The van der Waals surface area contributed by atoms with Crippen molar-refractivity contribution in [2.45, 2.75) is 0 Å². The van der Waals surface area contributed by atoms with Crippen molar-refractivity contribution in [3.63, 3.8) is 0 Å². The Morgan fingerprint density at radius 1 is 1.06 bits per heavy atom. The zero-order valence-corrected chi connectivity index (χ0v) is 8.31. The average molecular weight is 227 g/mol. The smallest absolute Gasteiger partial charge is 0.201 e. The fourth-order valence-electron chi connectivity index (χ4n) is 1.62. The van der Waals surface area contributed by atoms with Gasteiger partial charge in [-0.15, -0.1) is 0 Å². The van der Waals surface area contributed by atoms with Crippen molar-refractivity contribution in [2.75, 3.05) is 12.4 Å². The number of phenolic OH excluding ortho intramolecular Hbond substituents is 1. The van der Waals surface area contributed by atoms with Gasteiger partial charge in [-0.3, -0.25) is 0 Å². The second-order valence-corrected chi connectivity index (χ2v) is 3.29. The predicted molar refractivity (Wildman–Crippen MR) is 55.0 cm³/mol. The number of halogens is 3. The van der Waals surface area contributed by atoms with Gasteiger partial charge in [-0.25, -0.2) is 8.78 Å². The lowest BCUT2D eigenvalue weighted by Crippen LogP contribution is -1.96. The number of hydrogen-bond acceptors (Lipinski definition) is 2. The zero-order chi connectivity index (χ0) is 11.9. The van der Waals surface area contributed by atoms with Crippen LogP contribution in [0.1, 0.15) is 0 Å². The first kappa shape index (κ1) is 10.6. The van der Waals surface area contributed by atoms with Gasteiger partial charge in [0.15, 0.2) is 11.6 Å². The van der Waals surface area contributed by atoms with Crippen LogP contribution in [0.2, 0.25) is 0 Å². The normalized spacial score (nSPS) is 10.8. The van der Waals surface area contributed by atoms with Crippen LogP contribution in [-0.4, -0.2) is 12.2 Å². The summed E-state index contributed by atoms with van der Waals surface area (Å²) in [5.41, 5.74) is 0.0201. The molecule has 2 aromatic carbocycles. The maximum absolute atomic E-state index is 13.3. The molecule has 0 atom stereocenters. The van der Waals surface area contributed by atoms with Crippen LogP contribution >= 0.6 is 0 Å². The summed E-state index contributed by atoms with van der Waals surface area (Å²) in [5, 5.41) is 12.1. The van der Waals surface area contributed by atoms with E-state index < -0.39 is 23.2 Å². The van der Waals surface area contributed by atoms with Gasteiger partial charge in [0.1, 0.15) is 5.82 Å². The fraction of sp³-hybridized carbons (Fsp3) is 0.0909. The van der Waals surface area contributed by atoms with Crippen LogP contribution in [0.15, 0.2) is 18.2 Å². The lowest BCUT2D eigenvalue weighted by molar-refractivity contribution is 0.413. The Kier molecular flexibility index (Phi) is 2.38. The van der Waals surface area contributed by atoms with Crippen molar-refractivity contribution in [1.82, 2.24) is 0 Å². The number of fused-ring (bicyclic) bond motifs is 1. The van der Waals surface area contributed by atoms with Gasteiger partial charge < -0.3 is 10.4 Å². The molecule has 0 aromatic heterocycles. The van der Waals surface area contributed by atoms with E-state index in [9.17, 15) is 18.3 Å². The molecule has 0 spiro atoms. The van der Waals surface area contributed by atoms with E-state index in [0.29, 0.717) is 0 Å². The van der Waals surface area contributed by atoms with E-state index in [1.54, 1.807) is 0 Å². The number of phenols is 1. The third-order valence-corrected chi connectivity index (χ3v) is 2.39. The number of hydrogen-bond donors (Lipinski definition) is 2. The standard InChI is InChI=1S/C11H8F3NO/c1-15-10-6-4-8(13)9(14)11(16)5(6)2-3-7(10)12/h2-4,15-16H,1H3. The number of anilines is 1. The summed E-state index contributed by atoms with van der Waals surface area (Å²) in [6.07, 6.45) is 0. The Balaban J connectivity index is 2.95. The SMILES string of the molecule is CNc1c(F)ccc2c(O)c(F)c(F)cc12. The number of rotatable bonds is 1. The topological polar surface area (TPSA) is 32.3 Å². The van der Waals surface area contributed by atoms with Gasteiger partial charge in [0.2, 0.25) is 5.82 Å². The highest BCUT2D eigenvalue weighted by Crippen LogP contribution is 2.35. The molecular formula is C11H8F3NO. The van der Waals surface area contributed by atoms with Gasteiger partial charge in [0.05, 0.1) is 5.69 Å². The average Bonchev–Trinajstić information content (AvgIpc) is 2.26. The molecule has 0 heterocycles. The van der Waals surface area contributed by atoms with Crippen LogP contribution in [0.4, 0.5) is 18.9 Å². The highest BCUT2D eigenvalue weighted by Gasteiger charge is 2.16. The number of nitrogens with one attached hydrogen (secondary N) is 1. The quantitative estimate of drug-likeness (QED) is 0.784. The Morgan fingerprint density at radius 2 is 1.75 bits per heavy atom. The van der Waals surface area contributed by atoms with Crippen LogP contribution in [0.25, 0.3) is 10.8 Å². The minimum Gasteiger partial charge on any atom is -0.504 e. The molecule has 5 heteroatoms. The highest BCUT2D eigenvalue weighted by molar-refractivity contribution is 5.97. The second kappa shape index (κ2) is 3.59. The molecule has 16 heavy (non-hydrogen) atoms. The van der Waals surface area contributed by atoms with E-state index in [0.717, 1.165) is 12.1 Å². The van der Waals surface area contributed by atoms with Gasteiger partial charge in [-0.05, 0) is 18.2 Å². The zero-order valence-electron chi connectivity index (χ0n) is 8.31. The molecule has 2 N–H and O–H groups in total. The third kappa shape index (κ3) is 1.36. The van der Waals surface area contributed by atoms with E-state index in [1.165, 1.54) is 13.1 Å². The molecule has 0 amide bonds. The lowest BCUT2D eigenvalue weighted by atomic mass is 10.1. The molecule has 0 aliphatic rings. The lowest BCUT2D eigenvalue weighted by Gasteiger charge is -2.09. The van der Waals surface area contributed by atoms with Crippen molar-refractivity contribution < 1.29 is 18.3 Å². The summed E-state index contributed by atoms with van der Waals surface area (Å²) in [5.74, 6) is -3.96. The minimum atomic E-state index is -1.33. The molecule has 0 unspecified atom stereocenters. The molecule has 0 fully saturated rings. The minimum absolute atomic E-state index is 0.0201. The van der Waals surface area contributed by atoms with Gasteiger partial charge in [0.25, 0.3) is 0 Å². The summed E-state index contributed by atoms with van der Waals surface area (Å²) in [7, 11) is 1.45. The first-order chi connectivity index (χ1) is 7.56. The van der Waals surface area contributed by atoms with Crippen molar-refractivity contribution >= 4 is 16.5 Å². The van der Waals surface area contributed by atoms with Crippen LogP contribution in [0.5, 0.6) is 5.75 Å². The van der Waals surface area contributed by atoms with Crippen LogP contribution in [-0.2, 0) is 0 Å². The molecule has 2 nitrogen and oxygen atoms in total. The monoisotopic (exact) mass is 227 g/mol. The van der Waals surface area contributed by atoms with E-state index in [2.05, 4.69) is 5.32 Å². The largest absolute Gasteiger partial charge is 0.504 e. The number of benzene rings is 2. The Bertz CT molecular complexity index is 569. The third-order valence-electron chi connectivity index (χ3n) is 2.39. The molecule has 0 aliphatic heterocycles. The van der Waals surface area contributed by atoms with Crippen molar-refractivity contribution in [2.24, 2.45) is 0 Å². The summed E-state index contributed by atoms with van der Waals surface area (Å²) in [6.45, 7) is 0. The summed E-state index contributed by atoms with van der Waals surface area (Å²) in [4.78, 5) is 0. The highest BCUT2D eigenvalue weighted by atomic mass is 19.2. The molecule has 0 aliphatic carbocycles. The maximum Gasteiger partial charge on any atom is 0.201 e. The van der Waals surface area contributed by atoms with Gasteiger partial charge in [-0.2, -0.15) is 4.39 Å². The maximum atomic E-state index is 13.3. The molecule has 0 bridgehead atoms. The van der Waals surface area contributed by atoms with Crippen LogP contribution < -0.4 is 5.32 Å². The van der Waals surface area contributed by atoms with E-state index in [-0.39, 0.29) is 16.5 Å². The van der Waals surface area contributed by atoms with Crippen molar-refractivity contribution in [3.05, 3.63) is 35.7 Å². The molecular weight excluding hydrogens is 219 g/mol. The summed E-state index contributed by atoms with van der Waals surface area (Å²) >= 11 is 0. The Labute approximate surface area is 89.3 Å². The Morgan fingerprint density at radius 3 is 2.38 bits per heavy atom. The molecule has 0 saturated carbocycles. The van der Waals surface area contributed by atoms with Crippen molar-refractivity contribution in [3.8, 4) is 5.75 Å². The van der Waals surface area contributed by atoms with Gasteiger partial charge in [-0.1, -0.05) is 0 Å². The Hall–Kier alpha value is -1.91. The second-order valence-electron chi connectivity index (χ2n) is 3.29. The first-order valence-electron chi connectivity index (χ1n) is 4.53. The molecule has 84 valence electrons. The van der Waals surface area contributed by atoms with Crippen LogP contribution in [0, 0.1) is 17.5 Å². The molecule has 2 aromatic rings.